The number of piperidine rings is 1. The molecule has 2 fully saturated rings. The zero-order valence-electron chi connectivity index (χ0n) is 26.8. The minimum atomic E-state index is -0.983. The molecule has 3 atom stereocenters. The molecule has 240 valence electrons. The van der Waals surface area contributed by atoms with Crippen LogP contribution in [-0.2, 0) is 0 Å². The van der Waals surface area contributed by atoms with Crippen molar-refractivity contribution in [2.45, 2.75) is 64.3 Å². The number of aromatic nitrogens is 5. The summed E-state index contributed by atoms with van der Waals surface area (Å²) < 4.78 is 33.2. The largest absolute Gasteiger partial charge is 0.353 e. The molecule has 5 heterocycles. The van der Waals surface area contributed by atoms with Gasteiger partial charge in [0.25, 0.3) is 0 Å². The van der Waals surface area contributed by atoms with Crippen LogP contribution in [0.5, 0.6) is 0 Å². The van der Waals surface area contributed by atoms with E-state index in [1.54, 1.807) is 13.1 Å². The average Bonchev–Trinajstić information content (AvgIpc) is 3.63. The topological polar surface area (TPSA) is 92.9 Å². The second kappa shape index (κ2) is 11.7. The lowest BCUT2D eigenvalue weighted by Gasteiger charge is -2.43. The molecule has 7 rings (SSSR count). The highest BCUT2D eigenvalue weighted by Crippen LogP contribution is 2.45. The van der Waals surface area contributed by atoms with Crippen LogP contribution in [0.3, 0.4) is 0 Å². The molecule has 12 heteroatoms. The fourth-order valence-electron chi connectivity index (χ4n) is 7.39. The van der Waals surface area contributed by atoms with Crippen LogP contribution in [0.2, 0.25) is 5.02 Å². The van der Waals surface area contributed by atoms with Crippen LogP contribution in [0, 0.1) is 31.0 Å². The fraction of sp³-hybridized carbons (Fsp3) is 0.471. The van der Waals surface area contributed by atoms with Gasteiger partial charge in [-0.25, -0.2) is 13.8 Å². The van der Waals surface area contributed by atoms with Gasteiger partial charge in [-0.05, 0) is 71.0 Å². The first-order valence-corrected chi connectivity index (χ1v) is 16.2. The Morgan fingerprint density at radius 1 is 1.15 bits per heavy atom. The van der Waals surface area contributed by atoms with Crippen molar-refractivity contribution in [1.29, 1.82) is 5.26 Å². The molecule has 2 aliphatic heterocycles. The molecule has 0 amide bonds. The van der Waals surface area contributed by atoms with Crippen LogP contribution in [0.4, 0.5) is 14.6 Å². The molecule has 2 aromatic carbocycles. The summed E-state index contributed by atoms with van der Waals surface area (Å²) in [6.07, 6.45) is 4.23. The summed E-state index contributed by atoms with van der Waals surface area (Å²) in [5, 5.41) is 24.3. The smallest absolute Gasteiger partial charge is 0.158 e. The summed E-state index contributed by atoms with van der Waals surface area (Å²) in [5.41, 5.74) is 4.77. The van der Waals surface area contributed by atoms with Gasteiger partial charge >= 0.3 is 0 Å². The van der Waals surface area contributed by atoms with Gasteiger partial charge in [-0.15, -0.1) is 0 Å². The standard InChI is InChI=1S/C34H38ClF2N9/c1-18-10-28-25(13-39-42-28)29(20(18)3)30-27(35)12-24-32(31(30)37)41-34(45-16-23(17-45)43(4)5)26-14-40-46(33(24)26)22-7-9-44(15-19(2)36)21(11-22)6-8-38/h10,12-14,19,21-23H,6-7,9,11,15-17H2,1-5H3,(H,39,42)/t19?,21-,22+/m1/s1. The van der Waals surface area contributed by atoms with Crippen molar-refractivity contribution < 1.29 is 8.78 Å². The SMILES string of the molecule is Cc1cc2[nH]ncc2c(-c2c(Cl)cc3c(nc(N4CC(N(C)C)C4)c4cnn([C@H]5CCN(CC(C)F)[C@H](CC#N)C5)c43)c2F)c1C. The van der Waals surface area contributed by atoms with Gasteiger partial charge < -0.3 is 9.80 Å². The molecule has 0 spiro atoms. The number of alkyl halides is 1. The van der Waals surface area contributed by atoms with E-state index in [0.29, 0.717) is 54.3 Å². The number of pyridine rings is 1. The summed E-state index contributed by atoms with van der Waals surface area (Å²) in [5.74, 6) is 0.221. The van der Waals surface area contributed by atoms with Crippen molar-refractivity contribution in [3.63, 3.8) is 0 Å². The number of fused-ring (bicyclic) bond motifs is 4. The minimum absolute atomic E-state index is 0.0579. The number of likely N-dealkylation sites (N-methyl/N-ethyl adjacent to an activating group) is 1. The Labute approximate surface area is 271 Å². The minimum Gasteiger partial charge on any atom is -0.353 e. The quantitative estimate of drug-likeness (QED) is 0.214. The Balaban J connectivity index is 1.43. The summed E-state index contributed by atoms with van der Waals surface area (Å²) in [6.45, 7) is 8.00. The van der Waals surface area contributed by atoms with Gasteiger partial charge in [0.1, 0.15) is 17.5 Å². The van der Waals surface area contributed by atoms with E-state index in [9.17, 15) is 9.65 Å². The van der Waals surface area contributed by atoms with Crippen LogP contribution < -0.4 is 4.90 Å². The van der Waals surface area contributed by atoms with E-state index in [1.807, 2.05) is 36.9 Å². The maximum atomic E-state index is 17.2. The third-order valence-corrected chi connectivity index (χ3v) is 10.4. The van der Waals surface area contributed by atoms with Crippen LogP contribution >= 0.6 is 11.6 Å². The number of nitriles is 1. The van der Waals surface area contributed by atoms with Gasteiger partial charge in [0.05, 0.1) is 52.4 Å². The zero-order chi connectivity index (χ0) is 32.4. The molecule has 3 aromatic heterocycles. The number of hydrogen-bond donors (Lipinski definition) is 1. The zero-order valence-corrected chi connectivity index (χ0v) is 27.5. The van der Waals surface area contributed by atoms with Crippen molar-refractivity contribution in [3.8, 4) is 17.2 Å². The van der Waals surface area contributed by atoms with Crippen molar-refractivity contribution in [2.75, 3.05) is 45.2 Å². The second-order valence-electron chi connectivity index (χ2n) is 13.2. The van der Waals surface area contributed by atoms with Crippen molar-refractivity contribution in [3.05, 3.63) is 46.5 Å². The molecular formula is C34H38ClF2N9. The predicted octanol–water partition coefficient (Wildman–Crippen LogP) is 6.56. The Bertz CT molecular complexity index is 2000. The monoisotopic (exact) mass is 645 g/mol. The Hall–Kier alpha value is -3.85. The van der Waals surface area contributed by atoms with Crippen LogP contribution in [0.25, 0.3) is 43.8 Å². The molecule has 5 aromatic rings. The number of H-pyrrole nitrogens is 1. The lowest BCUT2D eigenvalue weighted by molar-refractivity contribution is 0.0892. The Morgan fingerprint density at radius 2 is 1.93 bits per heavy atom. The molecule has 0 bridgehead atoms. The highest BCUT2D eigenvalue weighted by Gasteiger charge is 2.35. The van der Waals surface area contributed by atoms with Gasteiger partial charge in [-0.2, -0.15) is 15.5 Å². The number of hydrogen-bond acceptors (Lipinski definition) is 7. The summed E-state index contributed by atoms with van der Waals surface area (Å²) in [7, 11) is 4.12. The number of rotatable bonds is 7. The molecule has 2 saturated heterocycles. The highest BCUT2D eigenvalue weighted by molar-refractivity contribution is 6.35. The van der Waals surface area contributed by atoms with E-state index in [4.69, 9.17) is 21.7 Å². The van der Waals surface area contributed by atoms with Gasteiger partial charge in [0, 0.05) is 60.2 Å². The third kappa shape index (κ3) is 4.98. The van der Waals surface area contributed by atoms with E-state index in [1.165, 1.54) is 0 Å². The fourth-order valence-corrected chi connectivity index (χ4v) is 7.68. The van der Waals surface area contributed by atoms with Crippen LogP contribution in [0.15, 0.2) is 24.5 Å². The van der Waals surface area contributed by atoms with Gasteiger partial charge in [-0.1, -0.05) is 11.6 Å². The molecule has 0 aliphatic carbocycles. The number of anilines is 1. The number of nitrogens with one attached hydrogen (secondary N) is 1. The Kier molecular flexibility index (Phi) is 7.86. The number of halogens is 3. The predicted molar refractivity (Wildman–Crippen MR) is 179 cm³/mol. The number of likely N-dealkylation sites (tertiary alicyclic amines) is 1. The Morgan fingerprint density at radius 3 is 2.65 bits per heavy atom. The van der Waals surface area contributed by atoms with Gasteiger partial charge in [0.15, 0.2) is 5.82 Å². The normalized spacial score (nSPS) is 20.2. The van der Waals surface area contributed by atoms with Gasteiger partial charge in [0.2, 0.25) is 0 Å². The third-order valence-electron chi connectivity index (χ3n) is 10.1. The molecule has 46 heavy (non-hydrogen) atoms. The maximum absolute atomic E-state index is 17.2. The second-order valence-corrected chi connectivity index (χ2v) is 13.7. The summed E-state index contributed by atoms with van der Waals surface area (Å²) >= 11 is 7.04. The van der Waals surface area contributed by atoms with E-state index in [2.05, 4.69) is 45.1 Å². The number of aromatic amines is 1. The molecular weight excluding hydrogens is 608 g/mol. The van der Waals surface area contributed by atoms with E-state index < -0.39 is 12.0 Å². The lowest BCUT2D eigenvalue weighted by atomic mass is 9.92. The van der Waals surface area contributed by atoms with Crippen molar-refractivity contribution in [2.24, 2.45) is 0 Å². The number of aryl methyl sites for hydroxylation is 1. The summed E-state index contributed by atoms with van der Waals surface area (Å²) in [4.78, 5) is 11.5. The highest BCUT2D eigenvalue weighted by atomic mass is 35.5. The van der Waals surface area contributed by atoms with Crippen molar-refractivity contribution in [1.82, 2.24) is 34.8 Å². The first kappa shape index (κ1) is 30.8. The molecule has 2 aliphatic rings. The van der Waals surface area contributed by atoms with E-state index in [0.717, 1.165) is 52.4 Å². The lowest BCUT2D eigenvalue weighted by Crippen LogP contribution is -2.57. The molecule has 1 N–H and O–H groups in total. The summed E-state index contributed by atoms with van der Waals surface area (Å²) in [6, 6.07) is 6.34. The van der Waals surface area contributed by atoms with Crippen LogP contribution in [-0.4, -0.2) is 93.3 Å². The first-order valence-electron chi connectivity index (χ1n) is 15.9. The average molecular weight is 646 g/mol. The molecule has 1 unspecified atom stereocenters. The molecule has 0 radical (unpaired) electrons. The van der Waals surface area contributed by atoms with Crippen molar-refractivity contribution >= 4 is 50.1 Å². The van der Waals surface area contributed by atoms with Gasteiger partial charge in [-0.3, -0.25) is 14.7 Å². The van der Waals surface area contributed by atoms with Crippen LogP contribution in [0.1, 0.15) is 43.4 Å². The van der Waals surface area contributed by atoms with E-state index >= 15 is 4.39 Å². The molecule has 0 saturated carbocycles. The molecule has 9 nitrogen and oxygen atoms in total. The number of nitrogens with zero attached hydrogens (tertiary/aromatic N) is 8. The number of benzene rings is 2. The van der Waals surface area contributed by atoms with E-state index in [-0.39, 0.29) is 22.6 Å². The maximum Gasteiger partial charge on any atom is 0.158 e. The first-order chi connectivity index (χ1) is 22.1.